The summed E-state index contributed by atoms with van der Waals surface area (Å²) in [6.07, 6.45) is -6.38. The lowest BCUT2D eigenvalue weighted by molar-refractivity contribution is -0.148. The van der Waals surface area contributed by atoms with E-state index in [4.69, 9.17) is 4.74 Å². The van der Waals surface area contributed by atoms with Crippen LogP contribution >= 0.6 is 15.9 Å². The van der Waals surface area contributed by atoms with Gasteiger partial charge in [-0.2, -0.15) is 13.2 Å². The average molecular weight is 585 g/mol. The summed E-state index contributed by atoms with van der Waals surface area (Å²) in [4.78, 5) is 30.1. The van der Waals surface area contributed by atoms with Gasteiger partial charge < -0.3 is 19.5 Å². The van der Waals surface area contributed by atoms with Gasteiger partial charge in [0.2, 0.25) is 11.7 Å². The van der Waals surface area contributed by atoms with E-state index in [1.165, 1.54) is 4.90 Å². The van der Waals surface area contributed by atoms with E-state index in [1.54, 1.807) is 20.8 Å². The summed E-state index contributed by atoms with van der Waals surface area (Å²) in [6, 6.07) is -0.0973. The van der Waals surface area contributed by atoms with E-state index in [9.17, 15) is 35.9 Å². The van der Waals surface area contributed by atoms with E-state index in [0.717, 1.165) is 4.57 Å². The fourth-order valence-corrected chi connectivity index (χ4v) is 4.24. The summed E-state index contributed by atoms with van der Waals surface area (Å²) in [7, 11) is 0. The monoisotopic (exact) mass is 584 g/mol. The van der Waals surface area contributed by atoms with E-state index in [-0.39, 0.29) is 41.9 Å². The number of imidazole rings is 1. The van der Waals surface area contributed by atoms with Crippen LogP contribution in [0.2, 0.25) is 0 Å². The number of alkyl carbamates (subject to hydrolysis) is 1. The first-order valence-corrected chi connectivity index (χ1v) is 11.6. The van der Waals surface area contributed by atoms with Crippen LogP contribution in [0, 0.1) is 17.5 Å². The predicted octanol–water partition coefficient (Wildman–Crippen LogP) is 4.95. The minimum absolute atomic E-state index is 0.0559. The number of hydrogen-bond donors (Lipinski definition) is 1. The molecule has 1 atom stereocenters. The highest BCUT2D eigenvalue weighted by molar-refractivity contribution is 9.10. The number of ether oxygens (including phenoxy) is 1. The SMILES string of the molecule is CC(C)(C)OC(=O)N[C@@H](CC(=O)N1CCn2c(C(F)(F)F)nc(Br)c2C1)Cc1cc(F)c(F)cc1F. The number of benzene rings is 1. The van der Waals surface area contributed by atoms with Crippen LogP contribution in [0.4, 0.5) is 31.1 Å². The van der Waals surface area contributed by atoms with Crippen molar-refractivity contribution >= 4 is 27.9 Å². The Bertz CT molecular complexity index is 1160. The topological polar surface area (TPSA) is 76.5 Å². The minimum Gasteiger partial charge on any atom is -0.444 e. The first-order valence-electron chi connectivity index (χ1n) is 10.8. The first kappa shape index (κ1) is 27.8. The van der Waals surface area contributed by atoms with Crippen molar-refractivity contribution in [1.82, 2.24) is 19.8 Å². The van der Waals surface area contributed by atoms with E-state index < -0.39 is 59.5 Å². The molecule has 1 aliphatic heterocycles. The van der Waals surface area contributed by atoms with Crippen molar-refractivity contribution in [3.8, 4) is 0 Å². The molecule has 14 heteroatoms. The number of nitrogens with one attached hydrogen (secondary N) is 1. The zero-order chi connectivity index (χ0) is 27.0. The molecule has 0 bridgehead atoms. The second kappa shape index (κ2) is 10.3. The fourth-order valence-electron chi connectivity index (χ4n) is 3.73. The molecule has 36 heavy (non-hydrogen) atoms. The standard InChI is InChI=1S/C22H23BrF6N4O3/c1-21(2,3)36-20(35)30-12(6-11-7-14(25)15(26)9-13(11)24)8-17(34)32-4-5-33-16(10-32)18(23)31-19(33)22(27,28)29/h7,9,12H,4-6,8,10H2,1-3H3,(H,30,35)/t12-/m1/s1. The maximum Gasteiger partial charge on any atom is 0.449 e. The molecule has 0 unspecified atom stereocenters. The molecule has 198 valence electrons. The van der Waals surface area contributed by atoms with Crippen molar-refractivity contribution in [2.75, 3.05) is 6.54 Å². The summed E-state index contributed by atoms with van der Waals surface area (Å²) < 4.78 is 87.1. The van der Waals surface area contributed by atoms with E-state index in [1.807, 2.05) is 0 Å². The molecule has 0 saturated carbocycles. The van der Waals surface area contributed by atoms with Crippen LogP contribution in [0.3, 0.4) is 0 Å². The van der Waals surface area contributed by atoms with Gasteiger partial charge in [-0.1, -0.05) is 0 Å². The molecule has 0 fully saturated rings. The Morgan fingerprint density at radius 3 is 2.36 bits per heavy atom. The third-order valence-corrected chi connectivity index (χ3v) is 5.90. The quantitative estimate of drug-likeness (QED) is 0.398. The molecular formula is C22H23BrF6N4O3. The normalized spacial score (nSPS) is 14.9. The third kappa shape index (κ3) is 6.71. The fraction of sp³-hybridized carbons (Fsp3) is 0.500. The Morgan fingerprint density at radius 2 is 1.75 bits per heavy atom. The highest BCUT2D eigenvalue weighted by Crippen LogP contribution is 2.34. The van der Waals surface area contributed by atoms with Crippen molar-refractivity contribution in [3.63, 3.8) is 0 Å². The molecule has 0 radical (unpaired) electrons. The molecular weight excluding hydrogens is 562 g/mol. The summed E-state index contributed by atoms with van der Waals surface area (Å²) in [5.74, 6) is -5.41. The Labute approximate surface area is 210 Å². The Morgan fingerprint density at radius 1 is 1.11 bits per heavy atom. The van der Waals surface area contributed by atoms with Gasteiger partial charge in [0.1, 0.15) is 16.0 Å². The molecule has 2 aromatic rings. The first-order chi connectivity index (χ1) is 16.5. The average Bonchev–Trinajstić information content (AvgIpc) is 3.07. The van der Waals surface area contributed by atoms with Gasteiger partial charge in [-0.05, 0) is 54.8 Å². The van der Waals surface area contributed by atoms with Gasteiger partial charge in [0.05, 0.1) is 12.2 Å². The lowest BCUT2D eigenvalue weighted by Crippen LogP contribution is -2.45. The van der Waals surface area contributed by atoms with Crippen molar-refractivity contribution < 1.29 is 40.7 Å². The van der Waals surface area contributed by atoms with Crippen molar-refractivity contribution in [2.24, 2.45) is 0 Å². The molecule has 1 aromatic heterocycles. The van der Waals surface area contributed by atoms with Crippen LogP contribution in [-0.4, -0.2) is 44.6 Å². The lowest BCUT2D eigenvalue weighted by atomic mass is 10.0. The van der Waals surface area contributed by atoms with Crippen molar-refractivity contribution in [1.29, 1.82) is 0 Å². The van der Waals surface area contributed by atoms with Gasteiger partial charge in [-0.25, -0.2) is 22.9 Å². The number of hydrogen-bond acceptors (Lipinski definition) is 4. The molecule has 1 N–H and O–H groups in total. The molecule has 0 spiro atoms. The molecule has 1 aromatic carbocycles. The number of rotatable bonds is 5. The smallest absolute Gasteiger partial charge is 0.444 e. The number of amides is 2. The number of halogens is 7. The van der Waals surface area contributed by atoms with E-state index in [0.29, 0.717) is 12.1 Å². The molecule has 1 aliphatic rings. The van der Waals surface area contributed by atoms with Crippen LogP contribution in [0.25, 0.3) is 0 Å². The summed E-state index contributed by atoms with van der Waals surface area (Å²) in [5, 5.41) is 2.44. The van der Waals surface area contributed by atoms with Crippen LogP contribution in [0.15, 0.2) is 16.7 Å². The van der Waals surface area contributed by atoms with Crippen LogP contribution in [-0.2, 0) is 35.2 Å². The van der Waals surface area contributed by atoms with Crippen LogP contribution in [0.5, 0.6) is 0 Å². The molecule has 2 heterocycles. The highest BCUT2D eigenvalue weighted by atomic mass is 79.9. The van der Waals surface area contributed by atoms with Crippen LogP contribution < -0.4 is 5.32 Å². The number of alkyl halides is 3. The Hall–Kier alpha value is -2.77. The lowest BCUT2D eigenvalue weighted by Gasteiger charge is -2.31. The van der Waals surface area contributed by atoms with Gasteiger partial charge in [-0.3, -0.25) is 4.79 Å². The van der Waals surface area contributed by atoms with Crippen molar-refractivity contribution in [3.05, 3.63) is 51.3 Å². The number of fused-ring (bicyclic) bond motifs is 1. The van der Waals surface area contributed by atoms with E-state index >= 15 is 0 Å². The molecule has 7 nitrogen and oxygen atoms in total. The minimum atomic E-state index is -4.68. The second-order valence-electron chi connectivity index (χ2n) is 9.25. The predicted molar refractivity (Wildman–Crippen MR) is 118 cm³/mol. The maximum atomic E-state index is 14.2. The molecule has 0 saturated heterocycles. The van der Waals surface area contributed by atoms with Crippen molar-refractivity contribution in [2.45, 2.75) is 64.5 Å². The highest BCUT2D eigenvalue weighted by Gasteiger charge is 2.40. The van der Waals surface area contributed by atoms with Gasteiger partial charge in [-0.15, -0.1) is 0 Å². The van der Waals surface area contributed by atoms with Gasteiger partial charge in [0, 0.05) is 31.6 Å². The van der Waals surface area contributed by atoms with E-state index in [2.05, 4.69) is 26.2 Å². The summed E-state index contributed by atoms with van der Waals surface area (Å²) in [6.45, 7) is 4.37. The Balaban J connectivity index is 1.79. The zero-order valence-corrected chi connectivity index (χ0v) is 21.1. The van der Waals surface area contributed by atoms with Crippen LogP contribution in [0.1, 0.15) is 44.3 Å². The number of carbonyl (C=O) groups excluding carboxylic acids is 2. The van der Waals surface area contributed by atoms with Gasteiger partial charge in [0.15, 0.2) is 11.6 Å². The maximum absolute atomic E-state index is 14.2. The summed E-state index contributed by atoms with van der Waals surface area (Å²) >= 11 is 3.00. The second-order valence-corrected chi connectivity index (χ2v) is 10.00. The van der Waals surface area contributed by atoms with Gasteiger partial charge in [0.25, 0.3) is 0 Å². The largest absolute Gasteiger partial charge is 0.449 e. The molecule has 0 aliphatic carbocycles. The summed E-state index contributed by atoms with van der Waals surface area (Å²) in [5.41, 5.74) is -1.03. The third-order valence-electron chi connectivity index (χ3n) is 5.26. The number of aromatic nitrogens is 2. The molecule has 2 amide bonds. The van der Waals surface area contributed by atoms with Gasteiger partial charge >= 0.3 is 12.3 Å². The Kier molecular flexibility index (Phi) is 7.96. The number of carbonyl (C=O) groups is 2. The zero-order valence-electron chi connectivity index (χ0n) is 19.5. The number of nitrogens with zero attached hydrogens (tertiary/aromatic N) is 3. The molecule has 3 rings (SSSR count).